The Hall–Kier alpha value is -1.32. The summed E-state index contributed by atoms with van der Waals surface area (Å²) in [5.41, 5.74) is 2.83. The van der Waals surface area contributed by atoms with E-state index in [0.29, 0.717) is 0 Å². The Bertz CT molecular complexity index is 555. The van der Waals surface area contributed by atoms with Crippen LogP contribution in [-0.2, 0) is 17.7 Å². The van der Waals surface area contributed by atoms with Gasteiger partial charge in [0.1, 0.15) is 0 Å². The zero-order valence-electron chi connectivity index (χ0n) is 12.3. The van der Waals surface area contributed by atoms with Crippen LogP contribution in [0.2, 0.25) is 0 Å². The third-order valence-electron chi connectivity index (χ3n) is 4.22. The molecule has 3 nitrogen and oxygen atoms in total. The van der Waals surface area contributed by atoms with E-state index in [9.17, 15) is 0 Å². The van der Waals surface area contributed by atoms with E-state index in [2.05, 4.69) is 46.9 Å². The van der Waals surface area contributed by atoms with Crippen molar-refractivity contribution < 1.29 is 4.74 Å². The van der Waals surface area contributed by atoms with Gasteiger partial charge in [0, 0.05) is 31.3 Å². The van der Waals surface area contributed by atoms with Crippen molar-refractivity contribution in [1.82, 2.24) is 9.47 Å². The van der Waals surface area contributed by atoms with E-state index in [1.165, 1.54) is 35.9 Å². The summed E-state index contributed by atoms with van der Waals surface area (Å²) < 4.78 is 7.70. The van der Waals surface area contributed by atoms with E-state index >= 15 is 0 Å². The molecule has 0 N–H and O–H groups in total. The van der Waals surface area contributed by atoms with Crippen LogP contribution in [0.4, 0.5) is 0 Å². The summed E-state index contributed by atoms with van der Waals surface area (Å²) in [7, 11) is 0. The van der Waals surface area contributed by atoms with Crippen LogP contribution in [-0.4, -0.2) is 42.3 Å². The number of hydrogen-bond donors (Lipinski definition) is 0. The molecule has 2 aromatic rings. The van der Waals surface area contributed by atoms with Gasteiger partial charge in [0.05, 0.1) is 13.2 Å². The first-order valence-corrected chi connectivity index (χ1v) is 7.74. The smallest absolute Gasteiger partial charge is 0.0594 e. The first-order chi connectivity index (χ1) is 9.86. The molecule has 108 valence electrons. The Balaban J connectivity index is 1.59. The Labute approximate surface area is 121 Å². The van der Waals surface area contributed by atoms with E-state index in [1.54, 1.807) is 0 Å². The summed E-state index contributed by atoms with van der Waals surface area (Å²) in [4.78, 5) is 2.51. The van der Waals surface area contributed by atoms with Crippen molar-refractivity contribution in [1.29, 1.82) is 0 Å². The molecule has 0 amide bonds. The van der Waals surface area contributed by atoms with Gasteiger partial charge in [0.25, 0.3) is 0 Å². The van der Waals surface area contributed by atoms with Crippen LogP contribution in [0.3, 0.4) is 0 Å². The monoisotopic (exact) mass is 272 g/mol. The second-order valence-electron chi connectivity index (χ2n) is 5.55. The Kier molecular flexibility index (Phi) is 4.38. The molecule has 3 rings (SSSR count). The fourth-order valence-electron chi connectivity index (χ4n) is 2.99. The van der Waals surface area contributed by atoms with Gasteiger partial charge >= 0.3 is 0 Å². The van der Waals surface area contributed by atoms with Crippen LogP contribution >= 0.6 is 0 Å². The van der Waals surface area contributed by atoms with Crippen LogP contribution in [0, 0.1) is 0 Å². The van der Waals surface area contributed by atoms with Crippen molar-refractivity contribution >= 4 is 10.9 Å². The topological polar surface area (TPSA) is 17.4 Å². The Morgan fingerprint density at radius 3 is 2.80 bits per heavy atom. The van der Waals surface area contributed by atoms with Gasteiger partial charge < -0.3 is 9.30 Å². The van der Waals surface area contributed by atoms with Crippen LogP contribution < -0.4 is 0 Å². The third kappa shape index (κ3) is 3.05. The SMILES string of the molecule is CCn1ccc2ccc(CCCN3CCOCC3)cc21. The van der Waals surface area contributed by atoms with Gasteiger partial charge in [-0.2, -0.15) is 0 Å². The fraction of sp³-hybridized carbons (Fsp3) is 0.529. The molecule has 1 aromatic heterocycles. The van der Waals surface area contributed by atoms with Crippen molar-refractivity contribution in [3.8, 4) is 0 Å². The molecule has 20 heavy (non-hydrogen) atoms. The lowest BCUT2D eigenvalue weighted by molar-refractivity contribution is 0.0375. The molecule has 0 unspecified atom stereocenters. The summed E-state index contributed by atoms with van der Waals surface area (Å²) in [5, 5.41) is 1.35. The molecule has 3 heteroatoms. The molecule has 0 radical (unpaired) electrons. The van der Waals surface area contributed by atoms with E-state index in [0.717, 1.165) is 32.8 Å². The molecular weight excluding hydrogens is 248 g/mol. The summed E-state index contributed by atoms with van der Waals surface area (Å²) in [5.74, 6) is 0. The molecule has 1 saturated heterocycles. The lowest BCUT2D eigenvalue weighted by atomic mass is 10.1. The maximum atomic E-state index is 5.38. The normalized spacial score (nSPS) is 16.9. The lowest BCUT2D eigenvalue weighted by Crippen LogP contribution is -2.36. The maximum Gasteiger partial charge on any atom is 0.0594 e. The van der Waals surface area contributed by atoms with Crippen molar-refractivity contribution in [2.75, 3.05) is 32.8 Å². The number of rotatable bonds is 5. The third-order valence-corrected chi connectivity index (χ3v) is 4.22. The quantitative estimate of drug-likeness (QED) is 0.832. The van der Waals surface area contributed by atoms with Crippen molar-refractivity contribution in [2.45, 2.75) is 26.3 Å². The average molecular weight is 272 g/mol. The van der Waals surface area contributed by atoms with E-state index < -0.39 is 0 Å². The minimum atomic E-state index is 0.899. The van der Waals surface area contributed by atoms with E-state index in [-0.39, 0.29) is 0 Å². The van der Waals surface area contributed by atoms with E-state index in [4.69, 9.17) is 4.74 Å². The van der Waals surface area contributed by atoms with E-state index in [1.807, 2.05) is 0 Å². The van der Waals surface area contributed by atoms with Crippen molar-refractivity contribution in [3.63, 3.8) is 0 Å². The first-order valence-electron chi connectivity index (χ1n) is 7.74. The van der Waals surface area contributed by atoms with Crippen LogP contribution in [0.5, 0.6) is 0 Å². The number of nitrogens with zero attached hydrogens (tertiary/aromatic N) is 2. The highest BCUT2D eigenvalue weighted by Crippen LogP contribution is 2.18. The number of fused-ring (bicyclic) bond motifs is 1. The number of aryl methyl sites for hydroxylation is 2. The highest BCUT2D eigenvalue weighted by atomic mass is 16.5. The number of ether oxygens (including phenoxy) is 1. The molecule has 2 heterocycles. The van der Waals surface area contributed by atoms with Gasteiger partial charge in [-0.05, 0) is 49.4 Å². The molecular formula is C17H24N2O. The molecule has 1 fully saturated rings. The minimum Gasteiger partial charge on any atom is -0.379 e. The predicted octanol–water partition coefficient (Wildman–Crippen LogP) is 2.93. The van der Waals surface area contributed by atoms with Crippen LogP contribution in [0.1, 0.15) is 18.9 Å². The number of hydrogen-bond acceptors (Lipinski definition) is 2. The molecule has 0 saturated carbocycles. The number of morpholine rings is 1. The molecule has 0 atom stereocenters. The lowest BCUT2D eigenvalue weighted by Gasteiger charge is -2.26. The second-order valence-corrected chi connectivity index (χ2v) is 5.55. The van der Waals surface area contributed by atoms with Crippen molar-refractivity contribution in [3.05, 3.63) is 36.0 Å². The zero-order chi connectivity index (χ0) is 13.8. The maximum absolute atomic E-state index is 5.38. The summed E-state index contributed by atoms with van der Waals surface area (Å²) in [6.45, 7) is 8.42. The standard InChI is InChI=1S/C17H24N2O/c1-2-19-9-7-16-6-5-15(14-17(16)19)4-3-8-18-10-12-20-13-11-18/h5-7,9,14H,2-4,8,10-13H2,1H3. The van der Waals surface area contributed by atoms with Gasteiger partial charge in [-0.1, -0.05) is 12.1 Å². The molecule has 1 aromatic carbocycles. The summed E-state index contributed by atoms with van der Waals surface area (Å²) in [6.07, 6.45) is 4.59. The predicted molar refractivity (Wildman–Crippen MR) is 83.2 cm³/mol. The largest absolute Gasteiger partial charge is 0.379 e. The highest BCUT2D eigenvalue weighted by Gasteiger charge is 2.09. The number of aromatic nitrogens is 1. The fourth-order valence-corrected chi connectivity index (χ4v) is 2.99. The highest BCUT2D eigenvalue weighted by molar-refractivity contribution is 5.80. The molecule has 0 aliphatic carbocycles. The molecule has 0 bridgehead atoms. The molecule has 0 spiro atoms. The van der Waals surface area contributed by atoms with Gasteiger partial charge in [-0.25, -0.2) is 0 Å². The second kappa shape index (κ2) is 6.42. The Morgan fingerprint density at radius 2 is 2.00 bits per heavy atom. The van der Waals surface area contributed by atoms with Crippen molar-refractivity contribution in [2.24, 2.45) is 0 Å². The Morgan fingerprint density at radius 1 is 1.15 bits per heavy atom. The molecule has 1 aliphatic rings. The molecule has 1 aliphatic heterocycles. The van der Waals surface area contributed by atoms with Crippen LogP contribution in [0.25, 0.3) is 10.9 Å². The van der Waals surface area contributed by atoms with Gasteiger partial charge in [-0.3, -0.25) is 4.90 Å². The summed E-state index contributed by atoms with van der Waals surface area (Å²) in [6, 6.07) is 9.10. The van der Waals surface area contributed by atoms with Gasteiger partial charge in [-0.15, -0.1) is 0 Å². The van der Waals surface area contributed by atoms with Gasteiger partial charge in [0.2, 0.25) is 0 Å². The zero-order valence-corrected chi connectivity index (χ0v) is 12.3. The number of benzene rings is 1. The minimum absolute atomic E-state index is 0.899. The summed E-state index contributed by atoms with van der Waals surface area (Å²) >= 11 is 0. The van der Waals surface area contributed by atoms with Crippen LogP contribution in [0.15, 0.2) is 30.5 Å². The van der Waals surface area contributed by atoms with Gasteiger partial charge in [0.15, 0.2) is 0 Å². The average Bonchev–Trinajstić information content (AvgIpc) is 2.91. The first kappa shape index (κ1) is 13.7.